The number of hydrogen-bond acceptors (Lipinski definition) is 6. The molecule has 1 heterocycles. The number of likely N-dealkylation sites (tertiary alicyclic amines) is 1. The molecule has 1 fully saturated rings. The number of piperidine rings is 1. The number of nitrogens with one attached hydrogen (secondary N) is 1. The van der Waals surface area contributed by atoms with Gasteiger partial charge in [-0.1, -0.05) is 23.2 Å². The van der Waals surface area contributed by atoms with Crippen LogP contribution in [0.25, 0.3) is 0 Å². The number of esters is 1. The van der Waals surface area contributed by atoms with Crippen molar-refractivity contribution in [2.45, 2.75) is 38.3 Å². The summed E-state index contributed by atoms with van der Waals surface area (Å²) in [4.78, 5) is 27.0. The molecule has 0 radical (unpaired) electrons. The van der Waals surface area contributed by atoms with E-state index >= 15 is 0 Å². The molecule has 1 N–H and O–H groups in total. The zero-order valence-electron chi connectivity index (χ0n) is 19.2. The Balaban J connectivity index is 1.44. The van der Waals surface area contributed by atoms with Gasteiger partial charge in [0.1, 0.15) is 17.5 Å². The van der Waals surface area contributed by atoms with Crippen LogP contribution in [-0.2, 0) is 14.3 Å². The topological polar surface area (TPSA) is 77.1 Å². The number of carbonyl (C=O) groups is 2. The number of carbonyl (C=O) groups excluding carboxylic acids is 2. The van der Waals surface area contributed by atoms with Gasteiger partial charge < -0.3 is 19.5 Å². The van der Waals surface area contributed by atoms with Crippen molar-refractivity contribution in [2.24, 2.45) is 0 Å². The molecule has 34 heavy (non-hydrogen) atoms. The highest BCUT2D eigenvalue weighted by atomic mass is 35.5. The number of hydrogen-bond donors (Lipinski definition) is 1. The third kappa shape index (κ3) is 8.38. The highest BCUT2D eigenvalue weighted by molar-refractivity contribution is 6.30. The zero-order chi connectivity index (χ0) is 24.3. The fourth-order valence-corrected chi connectivity index (χ4v) is 4.06. The second kappa shape index (κ2) is 13.4. The minimum Gasteiger partial charge on any atom is -0.494 e. The summed E-state index contributed by atoms with van der Waals surface area (Å²) >= 11 is 11.8. The molecule has 1 amide bonds. The summed E-state index contributed by atoms with van der Waals surface area (Å²) in [6.45, 7) is 3.79. The van der Waals surface area contributed by atoms with E-state index in [-0.39, 0.29) is 24.5 Å². The first kappa shape index (κ1) is 26.1. The van der Waals surface area contributed by atoms with E-state index in [2.05, 4.69) is 10.2 Å². The predicted octanol–water partition coefficient (Wildman–Crippen LogP) is 4.35. The molecule has 1 unspecified atom stereocenters. The summed E-state index contributed by atoms with van der Waals surface area (Å²) in [7, 11) is 0. The molecule has 0 aromatic heterocycles. The molecule has 1 aliphatic rings. The van der Waals surface area contributed by atoms with E-state index in [1.54, 1.807) is 55.5 Å². The number of rotatable bonds is 11. The van der Waals surface area contributed by atoms with Gasteiger partial charge >= 0.3 is 5.97 Å². The lowest BCUT2D eigenvalue weighted by Gasteiger charge is -2.36. The van der Waals surface area contributed by atoms with E-state index in [0.29, 0.717) is 54.3 Å². The van der Waals surface area contributed by atoms with Crippen molar-refractivity contribution >= 4 is 35.1 Å². The highest BCUT2D eigenvalue weighted by Crippen LogP contribution is 2.19. The molecule has 0 spiro atoms. The first-order valence-corrected chi connectivity index (χ1v) is 12.2. The summed E-state index contributed by atoms with van der Waals surface area (Å²) < 4.78 is 16.6. The Morgan fingerprint density at radius 1 is 0.971 bits per heavy atom. The van der Waals surface area contributed by atoms with Gasteiger partial charge in [-0.25, -0.2) is 0 Å². The molecule has 2 aromatic carbocycles. The molecular formula is C25H30Cl2N2O5. The van der Waals surface area contributed by atoms with Crippen molar-refractivity contribution in [2.75, 3.05) is 32.9 Å². The Labute approximate surface area is 210 Å². The summed E-state index contributed by atoms with van der Waals surface area (Å²) in [5.41, 5.74) is 0. The summed E-state index contributed by atoms with van der Waals surface area (Å²) in [5, 5.41) is 4.27. The maximum Gasteiger partial charge on any atom is 0.323 e. The summed E-state index contributed by atoms with van der Waals surface area (Å²) in [6, 6.07) is 13.6. The minimum absolute atomic E-state index is 0.0331. The van der Waals surface area contributed by atoms with Crippen LogP contribution in [0.2, 0.25) is 10.0 Å². The van der Waals surface area contributed by atoms with Crippen LogP contribution < -0.4 is 14.8 Å². The van der Waals surface area contributed by atoms with E-state index in [0.717, 1.165) is 12.8 Å². The molecule has 1 saturated heterocycles. The van der Waals surface area contributed by atoms with Gasteiger partial charge in [0.25, 0.3) is 5.91 Å². The van der Waals surface area contributed by atoms with Gasteiger partial charge in [-0.2, -0.15) is 0 Å². The Hall–Kier alpha value is -2.48. The predicted molar refractivity (Wildman–Crippen MR) is 132 cm³/mol. The van der Waals surface area contributed by atoms with E-state index in [1.165, 1.54) is 0 Å². The molecule has 0 bridgehead atoms. The number of amides is 1. The standard InChI is InChI=1S/C25H30Cl2N2O5/c1-2-32-25(31)23(13-16-33-21-7-3-18(26)4-8-21)29-14-11-20(12-15-29)28-24(30)17-34-22-9-5-19(27)6-10-22/h3-10,20,23H,2,11-17H2,1H3,(H,28,30). The van der Waals surface area contributed by atoms with Crippen LogP contribution >= 0.6 is 23.2 Å². The van der Waals surface area contributed by atoms with Gasteiger partial charge in [0.2, 0.25) is 0 Å². The van der Waals surface area contributed by atoms with Gasteiger partial charge in [-0.05, 0) is 68.3 Å². The Bertz CT molecular complexity index is 916. The Morgan fingerprint density at radius 2 is 1.53 bits per heavy atom. The van der Waals surface area contributed by atoms with Gasteiger partial charge in [0, 0.05) is 35.6 Å². The fraction of sp³-hybridized carbons (Fsp3) is 0.440. The first-order valence-electron chi connectivity index (χ1n) is 11.4. The van der Waals surface area contributed by atoms with Crippen molar-refractivity contribution in [1.29, 1.82) is 0 Å². The highest BCUT2D eigenvalue weighted by Gasteiger charge is 2.31. The molecule has 2 aromatic rings. The van der Waals surface area contributed by atoms with Crippen LogP contribution in [0.1, 0.15) is 26.2 Å². The zero-order valence-corrected chi connectivity index (χ0v) is 20.7. The molecule has 184 valence electrons. The van der Waals surface area contributed by atoms with Crippen LogP contribution in [0.4, 0.5) is 0 Å². The molecule has 9 heteroatoms. The fourth-order valence-electron chi connectivity index (χ4n) is 3.81. The number of nitrogens with zero attached hydrogens (tertiary/aromatic N) is 1. The molecule has 3 rings (SSSR count). The largest absolute Gasteiger partial charge is 0.494 e. The smallest absolute Gasteiger partial charge is 0.323 e. The van der Waals surface area contributed by atoms with Gasteiger partial charge in [-0.15, -0.1) is 0 Å². The van der Waals surface area contributed by atoms with Crippen LogP contribution in [-0.4, -0.2) is 61.8 Å². The van der Waals surface area contributed by atoms with Crippen LogP contribution in [0.15, 0.2) is 48.5 Å². The van der Waals surface area contributed by atoms with Crippen LogP contribution in [0.3, 0.4) is 0 Å². The third-order valence-electron chi connectivity index (χ3n) is 5.55. The van der Waals surface area contributed by atoms with Crippen molar-refractivity contribution in [3.8, 4) is 11.5 Å². The molecule has 1 aliphatic heterocycles. The third-order valence-corrected chi connectivity index (χ3v) is 6.06. The lowest BCUT2D eigenvalue weighted by Crippen LogP contribution is -2.51. The van der Waals surface area contributed by atoms with Gasteiger partial charge in [0.05, 0.1) is 13.2 Å². The average Bonchev–Trinajstić information content (AvgIpc) is 2.83. The molecule has 1 atom stereocenters. The maximum absolute atomic E-state index is 12.6. The number of halogens is 2. The Morgan fingerprint density at radius 3 is 2.09 bits per heavy atom. The average molecular weight is 509 g/mol. The normalized spacial score (nSPS) is 15.4. The van der Waals surface area contributed by atoms with Gasteiger partial charge in [-0.3, -0.25) is 14.5 Å². The van der Waals surface area contributed by atoms with Crippen molar-refractivity contribution < 1.29 is 23.8 Å². The molecule has 0 saturated carbocycles. The van der Waals surface area contributed by atoms with Crippen LogP contribution in [0, 0.1) is 0 Å². The van der Waals surface area contributed by atoms with E-state index < -0.39 is 6.04 Å². The SMILES string of the molecule is CCOC(=O)C(CCOc1ccc(Cl)cc1)N1CCC(NC(=O)COc2ccc(Cl)cc2)CC1. The van der Waals surface area contributed by atoms with E-state index in [4.69, 9.17) is 37.4 Å². The lowest BCUT2D eigenvalue weighted by atomic mass is 10.0. The minimum atomic E-state index is -0.392. The van der Waals surface area contributed by atoms with Crippen molar-refractivity contribution in [3.05, 3.63) is 58.6 Å². The molecule has 7 nitrogen and oxygen atoms in total. The quantitative estimate of drug-likeness (QED) is 0.454. The van der Waals surface area contributed by atoms with E-state index in [9.17, 15) is 9.59 Å². The number of ether oxygens (including phenoxy) is 3. The summed E-state index contributed by atoms with van der Waals surface area (Å²) in [5.74, 6) is 0.870. The number of benzene rings is 2. The maximum atomic E-state index is 12.6. The first-order chi connectivity index (χ1) is 16.4. The van der Waals surface area contributed by atoms with Gasteiger partial charge in [0.15, 0.2) is 6.61 Å². The Kier molecular flexibility index (Phi) is 10.3. The van der Waals surface area contributed by atoms with Crippen molar-refractivity contribution in [3.63, 3.8) is 0 Å². The molecular weight excluding hydrogens is 479 g/mol. The molecule has 0 aliphatic carbocycles. The second-order valence-corrected chi connectivity index (χ2v) is 8.85. The van der Waals surface area contributed by atoms with Crippen molar-refractivity contribution in [1.82, 2.24) is 10.2 Å². The summed E-state index contributed by atoms with van der Waals surface area (Å²) in [6.07, 6.45) is 1.98. The second-order valence-electron chi connectivity index (χ2n) is 7.98. The van der Waals surface area contributed by atoms with Crippen LogP contribution in [0.5, 0.6) is 11.5 Å². The van der Waals surface area contributed by atoms with E-state index in [1.807, 2.05) is 0 Å². The monoisotopic (exact) mass is 508 g/mol. The lowest BCUT2D eigenvalue weighted by molar-refractivity contribution is -0.150.